The number of nitrogens with zero attached hydrogens (tertiary/aromatic N) is 3. The predicted molar refractivity (Wildman–Crippen MR) is 59.1 cm³/mol. The lowest BCUT2D eigenvalue weighted by Crippen LogP contribution is -2.09. The van der Waals surface area contributed by atoms with Crippen molar-refractivity contribution in [3.8, 4) is 0 Å². The van der Waals surface area contributed by atoms with Gasteiger partial charge in [0.05, 0.1) is 4.92 Å². The molecule has 2 rings (SSSR count). The van der Waals surface area contributed by atoms with Gasteiger partial charge in [0.2, 0.25) is 5.95 Å². The van der Waals surface area contributed by atoms with Crippen molar-refractivity contribution in [3.63, 3.8) is 0 Å². The smallest absolute Gasteiger partial charge is 0.305 e. The summed E-state index contributed by atoms with van der Waals surface area (Å²) in [7, 11) is 0. The van der Waals surface area contributed by atoms with E-state index >= 15 is 0 Å². The van der Waals surface area contributed by atoms with Crippen LogP contribution in [0, 0.1) is 21.4 Å². The summed E-state index contributed by atoms with van der Waals surface area (Å²) in [6, 6.07) is 0. The molecule has 1 unspecified atom stereocenters. The molecule has 1 N–H and O–H groups in total. The van der Waals surface area contributed by atoms with Gasteiger partial charge in [-0.2, -0.15) is 0 Å². The number of nitro groups is 1. The van der Waals surface area contributed by atoms with Gasteiger partial charge in [0, 0.05) is 6.54 Å². The van der Waals surface area contributed by atoms with Gasteiger partial charge in [0.15, 0.2) is 0 Å². The van der Waals surface area contributed by atoms with Crippen LogP contribution < -0.4 is 5.32 Å². The van der Waals surface area contributed by atoms with Crippen molar-refractivity contribution in [1.82, 2.24) is 9.97 Å². The van der Waals surface area contributed by atoms with Gasteiger partial charge in [0.1, 0.15) is 12.4 Å². The summed E-state index contributed by atoms with van der Waals surface area (Å²) in [6.45, 7) is 5.26. The molecule has 6 nitrogen and oxygen atoms in total. The minimum absolute atomic E-state index is 0.0858. The fourth-order valence-corrected chi connectivity index (χ4v) is 1.65. The molecule has 0 saturated heterocycles. The minimum Gasteiger partial charge on any atom is -0.354 e. The van der Waals surface area contributed by atoms with Crippen LogP contribution in [0.2, 0.25) is 0 Å². The van der Waals surface area contributed by atoms with Gasteiger partial charge >= 0.3 is 5.69 Å². The van der Waals surface area contributed by atoms with Gasteiger partial charge in [-0.3, -0.25) is 10.1 Å². The lowest BCUT2D eigenvalue weighted by atomic mass is 10.1. The van der Waals surface area contributed by atoms with Crippen molar-refractivity contribution in [2.45, 2.75) is 20.3 Å². The van der Waals surface area contributed by atoms with Crippen molar-refractivity contribution in [1.29, 1.82) is 0 Å². The number of hydrogen-bond donors (Lipinski definition) is 1. The topological polar surface area (TPSA) is 81.0 Å². The highest BCUT2D eigenvalue weighted by molar-refractivity contribution is 5.31. The monoisotopic (exact) mass is 222 g/mol. The van der Waals surface area contributed by atoms with E-state index in [2.05, 4.69) is 29.1 Å². The molecular weight excluding hydrogens is 208 g/mol. The van der Waals surface area contributed by atoms with E-state index in [0.717, 1.165) is 6.54 Å². The average molecular weight is 222 g/mol. The number of nitrogens with one attached hydrogen (secondary N) is 1. The van der Waals surface area contributed by atoms with Crippen molar-refractivity contribution in [2.24, 2.45) is 11.3 Å². The van der Waals surface area contributed by atoms with E-state index < -0.39 is 4.92 Å². The highest BCUT2D eigenvalue weighted by Crippen LogP contribution is 2.51. The van der Waals surface area contributed by atoms with Crippen LogP contribution in [-0.2, 0) is 0 Å². The largest absolute Gasteiger partial charge is 0.354 e. The molecule has 0 bridgehead atoms. The van der Waals surface area contributed by atoms with Gasteiger partial charge < -0.3 is 5.32 Å². The first-order chi connectivity index (χ1) is 7.49. The lowest BCUT2D eigenvalue weighted by Gasteiger charge is -2.05. The highest BCUT2D eigenvalue weighted by atomic mass is 16.6. The standard InChI is InChI=1S/C10H14N4O2/c1-10(2)3-7(10)4-11-9-12-5-8(6-13-9)14(15)16/h5-7H,3-4H2,1-2H3,(H,11,12,13). The van der Waals surface area contributed by atoms with Crippen LogP contribution in [0.15, 0.2) is 12.4 Å². The summed E-state index contributed by atoms with van der Waals surface area (Å²) in [5.41, 5.74) is 0.325. The average Bonchev–Trinajstić information content (AvgIpc) is 2.84. The zero-order chi connectivity index (χ0) is 11.8. The second kappa shape index (κ2) is 3.70. The Kier molecular flexibility index (Phi) is 2.49. The van der Waals surface area contributed by atoms with Gasteiger partial charge in [-0.15, -0.1) is 0 Å². The number of hydrogen-bond acceptors (Lipinski definition) is 5. The fourth-order valence-electron chi connectivity index (χ4n) is 1.65. The third kappa shape index (κ3) is 2.26. The third-order valence-electron chi connectivity index (χ3n) is 3.07. The first kappa shape index (κ1) is 10.8. The SMILES string of the molecule is CC1(C)CC1CNc1ncc([N+](=O)[O-])cn1. The summed E-state index contributed by atoms with van der Waals surface area (Å²) >= 11 is 0. The zero-order valence-electron chi connectivity index (χ0n) is 9.30. The van der Waals surface area contributed by atoms with E-state index in [4.69, 9.17) is 0 Å². The van der Waals surface area contributed by atoms with E-state index in [-0.39, 0.29) is 5.69 Å². The highest BCUT2D eigenvalue weighted by Gasteiger charge is 2.45. The van der Waals surface area contributed by atoms with E-state index in [0.29, 0.717) is 17.3 Å². The Morgan fingerprint density at radius 3 is 2.56 bits per heavy atom. The summed E-state index contributed by atoms with van der Waals surface area (Å²) in [5, 5.41) is 13.5. The van der Waals surface area contributed by atoms with Crippen LogP contribution in [0.25, 0.3) is 0 Å². The second-order valence-electron chi connectivity index (χ2n) is 4.79. The number of aromatic nitrogens is 2. The number of rotatable bonds is 4. The molecule has 6 heteroatoms. The first-order valence-corrected chi connectivity index (χ1v) is 5.19. The first-order valence-electron chi connectivity index (χ1n) is 5.19. The molecule has 1 saturated carbocycles. The zero-order valence-corrected chi connectivity index (χ0v) is 9.30. The van der Waals surface area contributed by atoms with Gasteiger partial charge in [-0.25, -0.2) is 9.97 Å². The lowest BCUT2D eigenvalue weighted by molar-refractivity contribution is -0.385. The Hall–Kier alpha value is -1.72. The Morgan fingerprint density at radius 2 is 2.12 bits per heavy atom. The van der Waals surface area contributed by atoms with Gasteiger partial charge in [0.25, 0.3) is 0 Å². The van der Waals surface area contributed by atoms with E-state index in [9.17, 15) is 10.1 Å². The normalized spacial score (nSPS) is 21.5. The molecule has 0 spiro atoms. The fraction of sp³-hybridized carbons (Fsp3) is 0.600. The molecule has 1 aliphatic rings. The Bertz CT molecular complexity index is 402. The molecule has 86 valence electrons. The second-order valence-corrected chi connectivity index (χ2v) is 4.79. The van der Waals surface area contributed by atoms with Crippen LogP contribution in [0.4, 0.5) is 11.6 Å². The van der Waals surface area contributed by atoms with Crippen molar-refractivity contribution in [2.75, 3.05) is 11.9 Å². The molecule has 0 aliphatic heterocycles. The van der Waals surface area contributed by atoms with Crippen LogP contribution in [-0.4, -0.2) is 21.4 Å². The molecule has 0 radical (unpaired) electrons. The molecule has 1 heterocycles. The van der Waals surface area contributed by atoms with Crippen LogP contribution in [0.5, 0.6) is 0 Å². The number of anilines is 1. The summed E-state index contributed by atoms with van der Waals surface area (Å²) in [4.78, 5) is 17.6. The van der Waals surface area contributed by atoms with E-state index in [1.165, 1.54) is 18.8 Å². The van der Waals surface area contributed by atoms with Crippen molar-refractivity contribution >= 4 is 11.6 Å². The molecule has 0 aromatic carbocycles. The van der Waals surface area contributed by atoms with Crippen LogP contribution in [0.3, 0.4) is 0 Å². The maximum atomic E-state index is 10.4. The minimum atomic E-state index is -0.506. The van der Waals surface area contributed by atoms with E-state index in [1.54, 1.807) is 0 Å². The molecule has 0 amide bonds. The van der Waals surface area contributed by atoms with Gasteiger partial charge in [-0.05, 0) is 17.8 Å². The van der Waals surface area contributed by atoms with Gasteiger partial charge in [-0.1, -0.05) is 13.8 Å². The van der Waals surface area contributed by atoms with Crippen molar-refractivity contribution < 1.29 is 4.92 Å². The Labute approximate surface area is 93.3 Å². The third-order valence-corrected chi connectivity index (χ3v) is 3.07. The molecule has 1 aliphatic carbocycles. The summed E-state index contributed by atoms with van der Waals surface area (Å²) < 4.78 is 0. The Morgan fingerprint density at radius 1 is 1.56 bits per heavy atom. The van der Waals surface area contributed by atoms with Crippen LogP contribution >= 0.6 is 0 Å². The molecular formula is C10H14N4O2. The maximum Gasteiger partial charge on any atom is 0.305 e. The summed E-state index contributed by atoms with van der Waals surface area (Å²) in [6.07, 6.45) is 3.63. The molecule has 16 heavy (non-hydrogen) atoms. The molecule has 1 fully saturated rings. The van der Waals surface area contributed by atoms with Crippen molar-refractivity contribution in [3.05, 3.63) is 22.5 Å². The predicted octanol–water partition coefficient (Wildman–Crippen LogP) is 1.84. The molecule has 1 aromatic heterocycles. The maximum absolute atomic E-state index is 10.4. The molecule has 1 atom stereocenters. The summed E-state index contributed by atoms with van der Waals surface area (Å²) in [5.74, 6) is 1.10. The van der Waals surface area contributed by atoms with E-state index in [1.807, 2.05) is 0 Å². The van der Waals surface area contributed by atoms with Crippen LogP contribution in [0.1, 0.15) is 20.3 Å². The quantitative estimate of drug-likeness (QED) is 0.621. The molecule has 1 aromatic rings. The Balaban J connectivity index is 1.88.